The summed E-state index contributed by atoms with van der Waals surface area (Å²) in [5, 5.41) is 13.2. The Kier molecular flexibility index (Phi) is 5.01. The van der Waals surface area contributed by atoms with E-state index in [0.717, 1.165) is 29.8 Å². The van der Waals surface area contributed by atoms with Crippen LogP contribution in [0.5, 0.6) is 0 Å². The second kappa shape index (κ2) is 7.19. The van der Waals surface area contributed by atoms with Crippen LogP contribution in [0.3, 0.4) is 0 Å². The molecule has 1 heterocycles. The molecule has 3 rings (SSSR count). The van der Waals surface area contributed by atoms with Gasteiger partial charge in [-0.15, -0.1) is 11.3 Å². The largest absolute Gasteiger partial charge is 0.316 e. The van der Waals surface area contributed by atoms with Gasteiger partial charge in [-0.3, -0.25) is 4.79 Å². The molecule has 1 N–H and O–H groups in total. The van der Waals surface area contributed by atoms with Crippen molar-refractivity contribution in [1.29, 1.82) is 5.26 Å². The van der Waals surface area contributed by atoms with Gasteiger partial charge in [-0.05, 0) is 61.8 Å². The molecule has 0 radical (unpaired) electrons. The zero-order valence-corrected chi connectivity index (χ0v) is 15.1. The summed E-state index contributed by atoms with van der Waals surface area (Å²) < 4.78 is 0. The van der Waals surface area contributed by atoms with Crippen LogP contribution in [0.1, 0.15) is 52.0 Å². The van der Waals surface area contributed by atoms with E-state index in [1.54, 1.807) is 11.3 Å². The van der Waals surface area contributed by atoms with E-state index in [9.17, 15) is 10.1 Å². The van der Waals surface area contributed by atoms with Crippen molar-refractivity contribution in [1.82, 2.24) is 0 Å². The first-order valence-electron chi connectivity index (χ1n) is 8.49. The Hall–Kier alpha value is -2.12. The normalized spacial score (nSPS) is 13.7. The number of benzene rings is 1. The summed E-state index contributed by atoms with van der Waals surface area (Å²) in [6, 6.07) is 8.42. The van der Waals surface area contributed by atoms with Crippen LogP contribution < -0.4 is 5.32 Å². The first-order valence-corrected chi connectivity index (χ1v) is 9.30. The molecule has 0 bridgehead atoms. The van der Waals surface area contributed by atoms with Crippen molar-refractivity contribution >= 4 is 22.2 Å². The maximum atomic E-state index is 12.4. The fourth-order valence-corrected chi connectivity index (χ4v) is 4.47. The van der Waals surface area contributed by atoms with Gasteiger partial charge in [0.05, 0.1) is 12.0 Å². The summed E-state index contributed by atoms with van der Waals surface area (Å²) in [7, 11) is 0. The van der Waals surface area contributed by atoms with E-state index >= 15 is 0 Å². The lowest BCUT2D eigenvalue weighted by molar-refractivity contribution is -0.115. The van der Waals surface area contributed by atoms with E-state index < -0.39 is 0 Å². The van der Waals surface area contributed by atoms with Gasteiger partial charge in [0.2, 0.25) is 5.91 Å². The van der Waals surface area contributed by atoms with Gasteiger partial charge in [0.25, 0.3) is 0 Å². The highest BCUT2D eigenvalue weighted by Crippen LogP contribution is 2.37. The minimum atomic E-state index is -0.0498. The molecule has 0 unspecified atom stereocenters. The summed E-state index contributed by atoms with van der Waals surface area (Å²) in [6.45, 7) is 4.12. The highest BCUT2D eigenvalue weighted by molar-refractivity contribution is 7.16. The number of nitriles is 1. The summed E-state index contributed by atoms with van der Waals surface area (Å²) in [6.07, 6.45) is 5.86. The van der Waals surface area contributed by atoms with Crippen LogP contribution in [-0.4, -0.2) is 5.91 Å². The standard InChI is InChI=1S/C20H22N2OS/c1-13-8-9-15(10-14(13)2)11-19(23)22-20-17(12-21)16-6-4-3-5-7-18(16)24-20/h8-10H,3-7,11H2,1-2H3,(H,22,23). The van der Waals surface area contributed by atoms with E-state index in [2.05, 4.69) is 31.3 Å². The molecule has 2 aromatic rings. The third-order valence-corrected chi connectivity index (χ3v) is 5.93. The van der Waals surface area contributed by atoms with Gasteiger partial charge in [-0.25, -0.2) is 0 Å². The van der Waals surface area contributed by atoms with Crippen molar-refractivity contribution in [3.05, 3.63) is 50.9 Å². The van der Waals surface area contributed by atoms with Crippen LogP contribution in [0.25, 0.3) is 0 Å². The fraction of sp³-hybridized carbons (Fsp3) is 0.400. The molecule has 1 aliphatic carbocycles. The van der Waals surface area contributed by atoms with E-state index in [1.165, 1.54) is 34.4 Å². The first-order chi connectivity index (χ1) is 11.6. The number of carbonyl (C=O) groups is 1. The Bertz CT molecular complexity index is 814. The van der Waals surface area contributed by atoms with Gasteiger partial charge in [0, 0.05) is 4.88 Å². The van der Waals surface area contributed by atoms with Crippen LogP contribution in [0.15, 0.2) is 18.2 Å². The Morgan fingerprint density at radius 3 is 2.75 bits per heavy atom. The van der Waals surface area contributed by atoms with Gasteiger partial charge < -0.3 is 5.32 Å². The number of nitrogens with one attached hydrogen (secondary N) is 1. The first kappa shape index (κ1) is 16.7. The van der Waals surface area contributed by atoms with Crippen LogP contribution >= 0.6 is 11.3 Å². The number of anilines is 1. The number of rotatable bonds is 3. The number of fused-ring (bicyclic) bond motifs is 1. The molecule has 0 fully saturated rings. The van der Waals surface area contributed by atoms with Gasteiger partial charge in [-0.1, -0.05) is 24.6 Å². The van der Waals surface area contributed by atoms with E-state index in [-0.39, 0.29) is 5.91 Å². The van der Waals surface area contributed by atoms with Crippen LogP contribution in [0.4, 0.5) is 5.00 Å². The SMILES string of the molecule is Cc1ccc(CC(=O)Nc2sc3c(c2C#N)CCCCC3)cc1C. The second-order valence-corrected chi connectivity index (χ2v) is 7.63. The predicted molar refractivity (Wildman–Crippen MR) is 98.5 cm³/mol. The number of amides is 1. The highest BCUT2D eigenvalue weighted by atomic mass is 32.1. The van der Waals surface area contributed by atoms with Crippen LogP contribution in [-0.2, 0) is 24.1 Å². The third kappa shape index (κ3) is 3.52. The highest BCUT2D eigenvalue weighted by Gasteiger charge is 2.21. The molecule has 24 heavy (non-hydrogen) atoms. The molecule has 0 spiro atoms. The quantitative estimate of drug-likeness (QED) is 0.826. The number of thiophene rings is 1. The second-order valence-electron chi connectivity index (χ2n) is 6.52. The van der Waals surface area contributed by atoms with Crippen LogP contribution in [0, 0.1) is 25.2 Å². The molecule has 1 aromatic heterocycles. The maximum Gasteiger partial charge on any atom is 0.229 e. The van der Waals surface area contributed by atoms with Crippen LogP contribution in [0.2, 0.25) is 0 Å². The molecule has 1 aliphatic rings. The molecule has 0 aliphatic heterocycles. The lowest BCUT2D eigenvalue weighted by Gasteiger charge is -2.06. The fourth-order valence-electron chi connectivity index (χ4n) is 3.22. The summed E-state index contributed by atoms with van der Waals surface area (Å²) in [5.41, 5.74) is 5.29. The zero-order chi connectivity index (χ0) is 17.1. The van der Waals surface area contributed by atoms with Crippen molar-refractivity contribution in [3.63, 3.8) is 0 Å². The molecular weight excluding hydrogens is 316 g/mol. The topological polar surface area (TPSA) is 52.9 Å². The van der Waals surface area contributed by atoms with Gasteiger partial charge in [0.15, 0.2) is 0 Å². The zero-order valence-electron chi connectivity index (χ0n) is 14.2. The molecule has 4 heteroatoms. The third-order valence-electron chi connectivity index (χ3n) is 4.72. The summed E-state index contributed by atoms with van der Waals surface area (Å²) in [5.74, 6) is -0.0498. The van der Waals surface area contributed by atoms with E-state index in [0.29, 0.717) is 12.0 Å². The molecule has 0 saturated heterocycles. The monoisotopic (exact) mass is 338 g/mol. The minimum Gasteiger partial charge on any atom is -0.316 e. The smallest absolute Gasteiger partial charge is 0.229 e. The molecule has 1 aromatic carbocycles. The van der Waals surface area contributed by atoms with Crippen molar-refractivity contribution in [2.24, 2.45) is 0 Å². The number of carbonyl (C=O) groups excluding carboxylic acids is 1. The van der Waals surface area contributed by atoms with Crippen molar-refractivity contribution < 1.29 is 4.79 Å². The molecular formula is C20H22N2OS. The number of nitrogens with zero attached hydrogens (tertiary/aromatic N) is 1. The molecule has 3 nitrogen and oxygen atoms in total. The van der Waals surface area contributed by atoms with E-state index in [4.69, 9.17) is 0 Å². The molecule has 0 saturated carbocycles. The van der Waals surface area contributed by atoms with Crippen molar-refractivity contribution in [2.45, 2.75) is 52.4 Å². The Balaban J connectivity index is 1.77. The lowest BCUT2D eigenvalue weighted by atomic mass is 10.0. The Labute approximate surface area is 147 Å². The number of hydrogen-bond donors (Lipinski definition) is 1. The van der Waals surface area contributed by atoms with Crippen molar-refractivity contribution in [3.8, 4) is 6.07 Å². The maximum absolute atomic E-state index is 12.4. The van der Waals surface area contributed by atoms with Crippen molar-refractivity contribution in [2.75, 3.05) is 5.32 Å². The molecule has 1 amide bonds. The van der Waals surface area contributed by atoms with Gasteiger partial charge >= 0.3 is 0 Å². The Morgan fingerprint density at radius 2 is 2.00 bits per heavy atom. The summed E-state index contributed by atoms with van der Waals surface area (Å²) in [4.78, 5) is 13.7. The minimum absolute atomic E-state index is 0.0498. The predicted octanol–water partition coefficient (Wildman–Crippen LogP) is 4.69. The molecule has 124 valence electrons. The van der Waals surface area contributed by atoms with Gasteiger partial charge in [0.1, 0.15) is 11.1 Å². The average Bonchev–Trinajstić information content (AvgIpc) is 2.71. The van der Waals surface area contributed by atoms with E-state index in [1.807, 2.05) is 12.1 Å². The lowest BCUT2D eigenvalue weighted by Crippen LogP contribution is -2.14. The number of hydrogen-bond acceptors (Lipinski definition) is 3. The Morgan fingerprint density at radius 1 is 1.21 bits per heavy atom. The average molecular weight is 338 g/mol. The number of aryl methyl sites for hydroxylation is 3. The summed E-state index contributed by atoms with van der Waals surface area (Å²) >= 11 is 1.59. The molecule has 0 atom stereocenters. The van der Waals surface area contributed by atoms with Gasteiger partial charge in [-0.2, -0.15) is 5.26 Å².